The standard InChI is InChI=1S/C11H20N2O2/c1-12-9-2-3-10(12)8-13(6-4-9)7-5-11(14)15/h9-10H,2-8H2,1H3,(H,14,15). The molecular weight excluding hydrogens is 192 g/mol. The molecule has 0 aromatic heterocycles. The quantitative estimate of drug-likeness (QED) is 0.745. The van der Waals surface area contributed by atoms with Crippen molar-refractivity contribution in [1.82, 2.24) is 9.80 Å². The second-order valence-electron chi connectivity index (χ2n) is 4.78. The van der Waals surface area contributed by atoms with Crippen molar-refractivity contribution < 1.29 is 9.90 Å². The number of carboxylic acid groups (broad SMARTS) is 1. The highest BCUT2D eigenvalue weighted by atomic mass is 16.4. The molecule has 86 valence electrons. The highest BCUT2D eigenvalue weighted by molar-refractivity contribution is 5.66. The molecule has 2 unspecified atom stereocenters. The predicted molar refractivity (Wildman–Crippen MR) is 57.9 cm³/mol. The predicted octanol–water partition coefficient (Wildman–Crippen LogP) is 0.630. The monoisotopic (exact) mass is 212 g/mol. The minimum atomic E-state index is -0.683. The largest absolute Gasteiger partial charge is 0.481 e. The van der Waals surface area contributed by atoms with Crippen LogP contribution in [0.5, 0.6) is 0 Å². The highest BCUT2D eigenvalue weighted by Crippen LogP contribution is 2.28. The van der Waals surface area contributed by atoms with Crippen LogP contribution in [0.15, 0.2) is 0 Å². The molecule has 2 fully saturated rings. The minimum absolute atomic E-state index is 0.279. The SMILES string of the molecule is CN1C2CCC1CN(CCC(=O)O)CC2. The third-order valence-corrected chi connectivity index (χ3v) is 3.87. The third kappa shape index (κ3) is 2.49. The molecule has 2 atom stereocenters. The molecule has 0 amide bonds. The van der Waals surface area contributed by atoms with E-state index in [2.05, 4.69) is 16.8 Å². The summed E-state index contributed by atoms with van der Waals surface area (Å²) in [6, 6.07) is 1.40. The average Bonchev–Trinajstić information content (AvgIpc) is 2.40. The Morgan fingerprint density at radius 2 is 2.07 bits per heavy atom. The van der Waals surface area contributed by atoms with Crippen LogP contribution in [-0.4, -0.2) is 59.6 Å². The minimum Gasteiger partial charge on any atom is -0.481 e. The summed E-state index contributed by atoms with van der Waals surface area (Å²) in [5.41, 5.74) is 0. The van der Waals surface area contributed by atoms with Gasteiger partial charge in [0.05, 0.1) is 6.42 Å². The van der Waals surface area contributed by atoms with Gasteiger partial charge in [-0.15, -0.1) is 0 Å². The van der Waals surface area contributed by atoms with E-state index in [4.69, 9.17) is 5.11 Å². The van der Waals surface area contributed by atoms with Gasteiger partial charge in [0.1, 0.15) is 0 Å². The number of nitrogens with zero attached hydrogens (tertiary/aromatic N) is 2. The van der Waals surface area contributed by atoms with Crippen LogP contribution in [0.3, 0.4) is 0 Å². The molecule has 4 nitrogen and oxygen atoms in total. The number of fused-ring (bicyclic) bond motifs is 2. The van der Waals surface area contributed by atoms with Crippen molar-refractivity contribution in [3.8, 4) is 0 Å². The van der Waals surface area contributed by atoms with E-state index in [0.717, 1.165) is 19.1 Å². The molecule has 2 saturated heterocycles. The van der Waals surface area contributed by atoms with Crippen LogP contribution in [0.2, 0.25) is 0 Å². The second kappa shape index (κ2) is 4.49. The van der Waals surface area contributed by atoms with Crippen molar-refractivity contribution in [2.75, 3.05) is 26.7 Å². The van der Waals surface area contributed by atoms with Gasteiger partial charge in [-0.3, -0.25) is 9.69 Å². The Morgan fingerprint density at radius 1 is 1.33 bits per heavy atom. The number of carboxylic acids is 1. The zero-order chi connectivity index (χ0) is 10.8. The van der Waals surface area contributed by atoms with Crippen molar-refractivity contribution in [2.24, 2.45) is 0 Å². The molecule has 0 radical (unpaired) electrons. The Hall–Kier alpha value is -0.610. The maximum absolute atomic E-state index is 10.5. The third-order valence-electron chi connectivity index (χ3n) is 3.87. The first-order valence-corrected chi connectivity index (χ1v) is 5.83. The van der Waals surface area contributed by atoms with Crippen LogP contribution in [0.4, 0.5) is 0 Å². The van der Waals surface area contributed by atoms with E-state index in [1.165, 1.54) is 19.3 Å². The molecule has 0 aliphatic carbocycles. The van der Waals surface area contributed by atoms with E-state index in [0.29, 0.717) is 12.6 Å². The topological polar surface area (TPSA) is 43.8 Å². The first-order valence-electron chi connectivity index (χ1n) is 5.83. The first kappa shape index (κ1) is 10.9. The fraction of sp³-hybridized carbons (Fsp3) is 0.909. The van der Waals surface area contributed by atoms with E-state index in [9.17, 15) is 4.79 Å². The lowest BCUT2D eigenvalue weighted by Gasteiger charge is -2.25. The van der Waals surface area contributed by atoms with Crippen LogP contribution < -0.4 is 0 Å². The fourth-order valence-electron chi connectivity index (χ4n) is 2.84. The summed E-state index contributed by atoms with van der Waals surface area (Å²) >= 11 is 0. The molecule has 0 saturated carbocycles. The van der Waals surface area contributed by atoms with Gasteiger partial charge in [-0.2, -0.15) is 0 Å². The zero-order valence-electron chi connectivity index (χ0n) is 9.35. The lowest BCUT2D eigenvalue weighted by atomic mass is 10.1. The smallest absolute Gasteiger partial charge is 0.304 e. The maximum Gasteiger partial charge on any atom is 0.304 e. The highest BCUT2D eigenvalue weighted by Gasteiger charge is 2.34. The molecule has 1 N–H and O–H groups in total. The Bertz CT molecular complexity index is 245. The van der Waals surface area contributed by atoms with E-state index >= 15 is 0 Å². The summed E-state index contributed by atoms with van der Waals surface area (Å²) < 4.78 is 0. The fourth-order valence-corrected chi connectivity index (χ4v) is 2.84. The Labute approximate surface area is 90.9 Å². The molecule has 2 heterocycles. The summed E-state index contributed by atoms with van der Waals surface area (Å²) in [5.74, 6) is -0.683. The summed E-state index contributed by atoms with van der Waals surface area (Å²) in [7, 11) is 2.21. The maximum atomic E-state index is 10.5. The van der Waals surface area contributed by atoms with Gasteiger partial charge in [-0.25, -0.2) is 0 Å². The number of likely N-dealkylation sites (tertiary alicyclic amines) is 1. The molecular formula is C11H20N2O2. The van der Waals surface area contributed by atoms with E-state index in [1.54, 1.807) is 0 Å². The van der Waals surface area contributed by atoms with E-state index in [1.807, 2.05) is 0 Å². The summed E-state index contributed by atoms with van der Waals surface area (Å²) in [6.07, 6.45) is 4.09. The van der Waals surface area contributed by atoms with Gasteiger partial charge in [-0.1, -0.05) is 0 Å². The van der Waals surface area contributed by atoms with Crippen molar-refractivity contribution in [3.63, 3.8) is 0 Å². The van der Waals surface area contributed by atoms with Gasteiger partial charge in [0.15, 0.2) is 0 Å². The molecule has 2 rings (SSSR count). The van der Waals surface area contributed by atoms with Gasteiger partial charge in [0.2, 0.25) is 0 Å². The van der Waals surface area contributed by atoms with Crippen LogP contribution in [0.1, 0.15) is 25.7 Å². The van der Waals surface area contributed by atoms with E-state index < -0.39 is 5.97 Å². The Morgan fingerprint density at radius 3 is 2.80 bits per heavy atom. The van der Waals surface area contributed by atoms with Crippen molar-refractivity contribution >= 4 is 5.97 Å². The van der Waals surface area contributed by atoms with Gasteiger partial charge in [0.25, 0.3) is 0 Å². The molecule has 4 heteroatoms. The second-order valence-corrected chi connectivity index (χ2v) is 4.78. The lowest BCUT2D eigenvalue weighted by molar-refractivity contribution is -0.137. The summed E-state index contributed by atoms with van der Waals surface area (Å²) in [6.45, 7) is 2.84. The van der Waals surface area contributed by atoms with Gasteiger partial charge in [-0.05, 0) is 32.9 Å². The van der Waals surface area contributed by atoms with Crippen molar-refractivity contribution in [3.05, 3.63) is 0 Å². The molecule has 2 aliphatic heterocycles. The van der Waals surface area contributed by atoms with Crippen LogP contribution in [-0.2, 0) is 4.79 Å². The summed E-state index contributed by atoms with van der Waals surface area (Å²) in [5, 5.41) is 8.66. The van der Waals surface area contributed by atoms with Gasteiger partial charge in [0, 0.05) is 25.2 Å². The number of aliphatic carboxylic acids is 1. The lowest BCUT2D eigenvalue weighted by Crippen LogP contribution is -2.37. The normalized spacial score (nSPS) is 32.9. The molecule has 0 spiro atoms. The number of carbonyl (C=O) groups is 1. The Kier molecular flexibility index (Phi) is 3.26. The zero-order valence-corrected chi connectivity index (χ0v) is 9.35. The van der Waals surface area contributed by atoms with Crippen LogP contribution in [0.25, 0.3) is 0 Å². The molecule has 2 bridgehead atoms. The van der Waals surface area contributed by atoms with Crippen LogP contribution >= 0.6 is 0 Å². The Balaban J connectivity index is 1.86. The molecule has 15 heavy (non-hydrogen) atoms. The van der Waals surface area contributed by atoms with Gasteiger partial charge < -0.3 is 10.0 Å². The average molecular weight is 212 g/mol. The number of hydrogen-bond donors (Lipinski definition) is 1. The summed E-state index contributed by atoms with van der Waals surface area (Å²) in [4.78, 5) is 15.3. The first-order chi connectivity index (χ1) is 7.16. The van der Waals surface area contributed by atoms with Crippen LogP contribution in [0, 0.1) is 0 Å². The van der Waals surface area contributed by atoms with E-state index in [-0.39, 0.29) is 6.42 Å². The van der Waals surface area contributed by atoms with Gasteiger partial charge >= 0.3 is 5.97 Å². The van der Waals surface area contributed by atoms with Crippen molar-refractivity contribution in [2.45, 2.75) is 37.8 Å². The number of rotatable bonds is 3. The molecule has 0 aromatic rings. The molecule has 0 aromatic carbocycles. The number of hydrogen-bond acceptors (Lipinski definition) is 3. The number of likely N-dealkylation sites (N-methyl/N-ethyl adjacent to an activating group) is 1. The van der Waals surface area contributed by atoms with Crippen molar-refractivity contribution in [1.29, 1.82) is 0 Å². The molecule has 2 aliphatic rings.